The maximum atomic E-state index is 6.95. The van der Waals surface area contributed by atoms with E-state index in [1.165, 1.54) is 18.4 Å². The molecule has 4 aromatic rings. The van der Waals surface area contributed by atoms with Crippen molar-refractivity contribution in [2.24, 2.45) is 7.05 Å². The van der Waals surface area contributed by atoms with Crippen molar-refractivity contribution < 1.29 is 0 Å². The van der Waals surface area contributed by atoms with Crippen molar-refractivity contribution in [3.05, 3.63) is 45.4 Å². The van der Waals surface area contributed by atoms with Crippen LogP contribution in [-0.4, -0.2) is 74.1 Å². The lowest BCUT2D eigenvalue weighted by Gasteiger charge is -2.41. The molecule has 0 bridgehead atoms. The molecule has 2 aliphatic heterocycles. The summed E-state index contributed by atoms with van der Waals surface area (Å²) in [6.07, 6.45) is 3.20. The lowest BCUT2D eigenvalue weighted by atomic mass is 9.99. The van der Waals surface area contributed by atoms with E-state index in [9.17, 15) is 0 Å². The normalized spacial score (nSPS) is 20.2. The van der Waals surface area contributed by atoms with Gasteiger partial charge in [0.25, 0.3) is 0 Å². The van der Waals surface area contributed by atoms with E-state index in [1.54, 1.807) is 0 Å². The van der Waals surface area contributed by atoms with Crippen LogP contribution < -0.4 is 9.80 Å². The zero-order valence-electron chi connectivity index (χ0n) is 23.4. The number of aromatic amines is 1. The van der Waals surface area contributed by atoms with Gasteiger partial charge in [0.05, 0.1) is 16.9 Å². The van der Waals surface area contributed by atoms with Gasteiger partial charge in [-0.2, -0.15) is 10.2 Å². The number of aryl methyl sites for hydroxylation is 3. The SMILES string of the molecule is Cc1ccc2n[nH]c(C)c2c1-c1nc2c(c(N3CCN(C)CC3C)n1)CN(c1c(Cl)c(C3CC3)nn1C)CC2. The fraction of sp³-hybridized carbons (Fsp3) is 0.517. The standard InChI is InChI=1S/C29H36ClN9/c1-16-6-9-22-24(18(3)33-34-22)23(16)27-31-21-10-11-38(29-25(30)26(19-7-8-19)35-37(29)5)15-20(21)28(32-27)39-13-12-36(4)14-17(39)2/h6,9,17,19H,7-8,10-15H2,1-5H3,(H,33,34). The van der Waals surface area contributed by atoms with Crippen molar-refractivity contribution in [1.29, 1.82) is 0 Å². The molecule has 10 heteroatoms. The summed E-state index contributed by atoms with van der Waals surface area (Å²) < 4.78 is 1.97. The first-order valence-electron chi connectivity index (χ1n) is 14.1. The number of benzene rings is 1. The Bertz CT molecular complexity index is 1580. The van der Waals surface area contributed by atoms with Gasteiger partial charge in [-0.15, -0.1) is 0 Å². The molecule has 1 aliphatic carbocycles. The average Bonchev–Trinajstić information content (AvgIpc) is 3.62. The van der Waals surface area contributed by atoms with Crippen LogP contribution in [0, 0.1) is 13.8 Å². The molecule has 1 atom stereocenters. The highest BCUT2D eigenvalue weighted by molar-refractivity contribution is 6.33. The Morgan fingerprint density at radius 1 is 1.05 bits per heavy atom. The van der Waals surface area contributed by atoms with Crippen LogP contribution in [0.15, 0.2) is 12.1 Å². The Hall–Kier alpha value is -3.17. The largest absolute Gasteiger partial charge is 0.351 e. The van der Waals surface area contributed by atoms with Crippen LogP contribution in [0.5, 0.6) is 0 Å². The summed E-state index contributed by atoms with van der Waals surface area (Å²) >= 11 is 6.95. The maximum Gasteiger partial charge on any atom is 0.162 e. The van der Waals surface area contributed by atoms with Gasteiger partial charge in [-0.05, 0) is 52.3 Å². The molecule has 0 amide bonds. The van der Waals surface area contributed by atoms with Gasteiger partial charge in [-0.25, -0.2) is 9.97 Å². The van der Waals surface area contributed by atoms with Gasteiger partial charge >= 0.3 is 0 Å². The minimum absolute atomic E-state index is 0.347. The van der Waals surface area contributed by atoms with Gasteiger partial charge in [0.15, 0.2) is 5.82 Å². The number of hydrogen-bond donors (Lipinski definition) is 1. The predicted molar refractivity (Wildman–Crippen MR) is 156 cm³/mol. The van der Waals surface area contributed by atoms with Crippen LogP contribution in [0.3, 0.4) is 0 Å². The monoisotopic (exact) mass is 545 g/mol. The number of fused-ring (bicyclic) bond motifs is 2. The van der Waals surface area contributed by atoms with Crippen LogP contribution in [0.2, 0.25) is 5.02 Å². The van der Waals surface area contributed by atoms with E-state index < -0.39 is 0 Å². The first-order chi connectivity index (χ1) is 18.8. The lowest BCUT2D eigenvalue weighted by molar-refractivity contribution is 0.274. The minimum Gasteiger partial charge on any atom is -0.351 e. The van der Waals surface area contributed by atoms with E-state index in [4.69, 9.17) is 26.7 Å². The Kier molecular flexibility index (Phi) is 5.86. The zero-order valence-corrected chi connectivity index (χ0v) is 24.2. The summed E-state index contributed by atoms with van der Waals surface area (Å²) in [6.45, 7) is 11.0. The number of rotatable bonds is 4. The second-order valence-corrected chi connectivity index (χ2v) is 12.1. The second kappa shape index (κ2) is 9.20. The molecule has 3 aliphatic rings. The molecule has 5 heterocycles. The molecule has 39 heavy (non-hydrogen) atoms. The Morgan fingerprint density at radius 3 is 2.64 bits per heavy atom. The zero-order chi connectivity index (χ0) is 27.0. The van der Waals surface area contributed by atoms with Crippen molar-refractivity contribution in [2.75, 3.05) is 43.0 Å². The van der Waals surface area contributed by atoms with E-state index in [0.29, 0.717) is 12.0 Å². The van der Waals surface area contributed by atoms with Gasteiger partial charge in [-0.1, -0.05) is 17.7 Å². The molecule has 0 spiro atoms. The second-order valence-electron chi connectivity index (χ2n) is 11.7. The number of anilines is 2. The molecule has 3 aromatic heterocycles. The third-order valence-electron chi connectivity index (χ3n) is 8.72. The van der Waals surface area contributed by atoms with Crippen molar-refractivity contribution in [2.45, 2.75) is 58.5 Å². The highest BCUT2D eigenvalue weighted by atomic mass is 35.5. The first kappa shape index (κ1) is 24.8. The third-order valence-corrected chi connectivity index (χ3v) is 9.09. The summed E-state index contributed by atoms with van der Waals surface area (Å²) in [6, 6.07) is 4.55. The average molecular weight is 546 g/mol. The molecule has 1 unspecified atom stereocenters. The molecule has 1 aromatic carbocycles. The summed E-state index contributed by atoms with van der Waals surface area (Å²) in [4.78, 5) is 17.9. The number of aromatic nitrogens is 6. The molecule has 1 saturated heterocycles. The van der Waals surface area contributed by atoms with E-state index in [1.807, 2.05) is 11.7 Å². The van der Waals surface area contributed by atoms with Gasteiger partial charge in [0.1, 0.15) is 16.7 Å². The molecular weight excluding hydrogens is 510 g/mol. The van der Waals surface area contributed by atoms with Crippen molar-refractivity contribution in [1.82, 2.24) is 34.8 Å². The van der Waals surface area contributed by atoms with E-state index >= 15 is 0 Å². The number of H-pyrrole nitrogens is 1. The van der Waals surface area contributed by atoms with Crippen LogP contribution in [-0.2, 0) is 20.0 Å². The number of piperazine rings is 1. The summed E-state index contributed by atoms with van der Waals surface area (Å²) in [5.74, 6) is 3.38. The van der Waals surface area contributed by atoms with Crippen LogP contribution >= 0.6 is 11.6 Å². The van der Waals surface area contributed by atoms with Crippen LogP contribution in [0.4, 0.5) is 11.6 Å². The van der Waals surface area contributed by atoms with Crippen LogP contribution in [0.25, 0.3) is 22.3 Å². The van der Waals surface area contributed by atoms with Gasteiger partial charge in [-0.3, -0.25) is 9.78 Å². The maximum absolute atomic E-state index is 6.95. The molecule has 1 saturated carbocycles. The molecule has 7 rings (SSSR count). The molecular formula is C29H36ClN9. The highest BCUT2D eigenvalue weighted by Crippen LogP contribution is 2.46. The topological polar surface area (TPSA) is 82.0 Å². The summed E-state index contributed by atoms with van der Waals surface area (Å²) in [5.41, 5.74) is 7.64. The van der Waals surface area contributed by atoms with Crippen LogP contribution in [0.1, 0.15) is 53.9 Å². The molecule has 204 valence electrons. The molecule has 2 fully saturated rings. The molecule has 0 radical (unpaired) electrons. The van der Waals surface area contributed by atoms with Crippen molar-refractivity contribution >= 4 is 34.1 Å². The number of halogens is 1. The van der Waals surface area contributed by atoms with E-state index in [0.717, 1.165) is 101 Å². The Morgan fingerprint density at radius 2 is 1.87 bits per heavy atom. The van der Waals surface area contributed by atoms with E-state index in [2.05, 4.69) is 64.8 Å². The Balaban J connectivity index is 1.37. The van der Waals surface area contributed by atoms with Crippen molar-refractivity contribution in [3.63, 3.8) is 0 Å². The molecule has 1 N–H and O–H groups in total. The fourth-order valence-electron chi connectivity index (χ4n) is 6.51. The smallest absolute Gasteiger partial charge is 0.162 e. The predicted octanol–water partition coefficient (Wildman–Crippen LogP) is 4.60. The number of nitrogens with one attached hydrogen (secondary N) is 1. The lowest BCUT2D eigenvalue weighted by Crippen LogP contribution is -2.51. The molecule has 9 nitrogen and oxygen atoms in total. The number of nitrogens with zero attached hydrogens (tertiary/aromatic N) is 8. The fourth-order valence-corrected chi connectivity index (χ4v) is 6.94. The minimum atomic E-state index is 0.347. The highest BCUT2D eigenvalue weighted by Gasteiger charge is 2.35. The third kappa shape index (κ3) is 4.09. The number of likely N-dealkylation sites (N-methyl/N-ethyl adjacent to an activating group) is 1. The Labute approximate surface area is 234 Å². The van der Waals surface area contributed by atoms with E-state index in [-0.39, 0.29) is 0 Å². The summed E-state index contributed by atoms with van der Waals surface area (Å²) in [5, 5.41) is 14.4. The van der Waals surface area contributed by atoms with Gasteiger partial charge in [0.2, 0.25) is 0 Å². The first-order valence-corrected chi connectivity index (χ1v) is 14.4. The van der Waals surface area contributed by atoms with Gasteiger partial charge in [0, 0.05) is 80.4 Å². The quantitative estimate of drug-likeness (QED) is 0.401. The van der Waals surface area contributed by atoms with Crippen molar-refractivity contribution in [3.8, 4) is 11.4 Å². The number of hydrogen-bond acceptors (Lipinski definition) is 7. The summed E-state index contributed by atoms with van der Waals surface area (Å²) in [7, 11) is 4.21. The van der Waals surface area contributed by atoms with Gasteiger partial charge < -0.3 is 14.7 Å².